The summed E-state index contributed by atoms with van der Waals surface area (Å²) in [5, 5.41) is 3.28. The van der Waals surface area contributed by atoms with Gasteiger partial charge in [-0.05, 0) is 52.0 Å². The molecule has 0 spiro atoms. The fraction of sp³-hybridized carbons (Fsp3) is 0.467. The molecule has 1 N–H and O–H groups in total. The van der Waals surface area contributed by atoms with E-state index in [0.29, 0.717) is 5.02 Å². The average molecular weight is 330 g/mol. The third kappa shape index (κ3) is 7.39. The maximum Gasteiger partial charge on any atom is 0.328 e. The fourth-order valence-corrected chi connectivity index (χ4v) is 2.25. The van der Waals surface area contributed by atoms with Crippen LogP contribution in [0.1, 0.15) is 27.7 Å². The molecular formula is C15H20ClNO3S. The molecule has 1 amide bonds. The van der Waals surface area contributed by atoms with E-state index < -0.39 is 17.6 Å². The Kier molecular flexibility index (Phi) is 6.55. The average Bonchev–Trinajstić information content (AvgIpc) is 2.36. The van der Waals surface area contributed by atoms with E-state index >= 15 is 0 Å². The summed E-state index contributed by atoms with van der Waals surface area (Å²) in [4.78, 5) is 24.5. The second kappa shape index (κ2) is 7.71. The molecule has 0 fully saturated rings. The van der Waals surface area contributed by atoms with Crippen LogP contribution in [0.25, 0.3) is 0 Å². The van der Waals surface area contributed by atoms with Crippen molar-refractivity contribution in [3.05, 3.63) is 29.3 Å². The predicted molar refractivity (Wildman–Crippen MR) is 85.6 cm³/mol. The number of rotatable bonds is 5. The van der Waals surface area contributed by atoms with E-state index in [4.69, 9.17) is 16.3 Å². The zero-order valence-corrected chi connectivity index (χ0v) is 14.2. The van der Waals surface area contributed by atoms with E-state index in [-0.39, 0.29) is 11.7 Å². The van der Waals surface area contributed by atoms with Gasteiger partial charge in [0.05, 0.1) is 5.75 Å². The summed E-state index contributed by atoms with van der Waals surface area (Å²) in [7, 11) is 0. The molecule has 1 aromatic carbocycles. The summed E-state index contributed by atoms with van der Waals surface area (Å²) in [5.74, 6) is -0.421. The lowest BCUT2D eigenvalue weighted by molar-refractivity contribution is -0.157. The molecule has 0 bridgehead atoms. The zero-order chi connectivity index (χ0) is 16.0. The Labute approximate surface area is 134 Å². The lowest BCUT2D eigenvalue weighted by Gasteiger charge is -2.22. The van der Waals surface area contributed by atoms with Crippen molar-refractivity contribution in [2.45, 2.75) is 44.2 Å². The van der Waals surface area contributed by atoms with Crippen LogP contribution in [-0.2, 0) is 14.3 Å². The van der Waals surface area contributed by atoms with Gasteiger partial charge >= 0.3 is 5.97 Å². The molecule has 21 heavy (non-hydrogen) atoms. The van der Waals surface area contributed by atoms with Crippen LogP contribution >= 0.6 is 23.4 Å². The summed E-state index contributed by atoms with van der Waals surface area (Å²) in [6.07, 6.45) is 0. The van der Waals surface area contributed by atoms with E-state index in [1.807, 2.05) is 12.1 Å². The van der Waals surface area contributed by atoms with Crippen molar-refractivity contribution < 1.29 is 14.3 Å². The second-order valence-corrected chi connectivity index (χ2v) is 7.05. The quantitative estimate of drug-likeness (QED) is 0.665. The summed E-state index contributed by atoms with van der Waals surface area (Å²) >= 11 is 7.17. The van der Waals surface area contributed by atoms with Gasteiger partial charge in [-0.3, -0.25) is 4.79 Å². The molecule has 4 nitrogen and oxygen atoms in total. The standard InChI is InChI=1S/C15H20ClNO3S/c1-10(14(19)20-15(2,3)4)17-13(18)9-21-12-7-5-11(16)6-8-12/h5-8,10H,9H2,1-4H3,(H,17,18)/t10-/m1/s1. The van der Waals surface area contributed by atoms with Crippen LogP contribution < -0.4 is 5.32 Å². The lowest BCUT2D eigenvalue weighted by atomic mass is 10.2. The fourth-order valence-electron chi connectivity index (χ4n) is 1.41. The van der Waals surface area contributed by atoms with Crippen LogP contribution in [-0.4, -0.2) is 29.3 Å². The normalized spacial score (nSPS) is 12.6. The van der Waals surface area contributed by atoms with Gasteiger partial charge in [0.1, 0.15) is 11.6 Å². The SMILES string of the molecule is C[C@@H](NC(=O)CSc1ccc(Cl)cc1)C(=O)OC(C)(C)C. The first-order chi connectivity index (χ1) is 9.67. The Hall–Kier alpha value is -1.20. The van der Waals surface area contributed by atoms with Crippen LogP contribution in [0.5, 0.6) is 0 Å². The molecule has 0 aliphatic rings. The van der Waals surface area contributed by atoms with Gasteiger partial charge in [-0.25, -0.2) is 4.79 Å². The smallest absolute Gasteiger partial charge is 0.328 e. The van der Waals surface area contributed by atoms with Gasteiger partial charge in [-0.1, -0.05) is 11.6 Å². The molecule has 116 valence electrons. The van der Waals surface area contributed by atoms with Crippen molar-refractivity contribution >= 4 is 35.2 Å². The van der Waals surface area contributed by atoms with E-state index in [0.717, 1.165) is 4.90 Å². The molecule has 0 saturated carbocycles. The highest BCUT2D eigenvalue weighted by Gasteiger charge is 2.22. The number of amides is 1. The third-order valence-electron chi connectivity index (χ3n) is 2.32. The van der Waals surface area contributed by atoms with Crippen molar-refractivity contribution in [3.63, 3.8) is 0 Å². The second-order valence-electron chi connectivity index (χ2n) is 5.57. The van der Waals surface area contributed by atoms with Crippen molar-refractivity contribution in [1.82, 2.24) is 5.32 Å². The van der Waals surface area contributed by atoms with Gasteiger partial charge in [0.2, 0.25) is 5.91 Å². The Bertz CT molecular complexity index is 497. The van der Waals surface area contributed by atoms with Crippen LogP contribution in [0.3, 0.4) is 0 Å². The minimum absolute atomic E-state index is 0.215. The lowest BCUT2D eigenvalue weighted by Crippen LogP contribution is -2.42. The number of hydrogen-bond donors (Lipinski definition) is 1. The molecule has 0 aromatic heterocycles. The first kappa shape index (κ1) is 17.9. The Morgan fingerprint density at radius 1 is 1.29 bits per heavy atom. The molecule has 0 aliphatic carbocycles. The Morgan fingerprint density at radius 3 is 2.38 bits per heavy atom. The molecular weight excluding hydrogens is 310 g/mol. The highest BCUT2D eigenvalue weighted by Crippen LogP contribution is 2.20. The number of hydrogen-bond acceptors (Lipinski definition) is 4. The molecule has 1 rings (SSSR count). The van der Waals surface area contributed by atoms with Gasteiger partial charge in [0.25, 0.3) is 0 Å². The number of carbonyl (C=O) groups excluding carboxylic acids is 2. The van der Waals surface area contributed by atoms with E-state index in [2.05, 4.69) is 5.32 Å². The van der Waals surface area contributed by atoms with E-state index in [1.165, 1.54) is 11.8 Å². The maximum absolute atomic E-state index is 11.8. The Balaban J connectivity index is 2.39. The number of carbonyl (C=O) groups is 2. The predicted octanol–water partition coefficient (Wildman–Crippen LogP) is 3.28. The molecule has 1 atom stereocenters. The maximum atomic E-state index is 11.8. The number of benzene rings is 1. The molecule has 0 heterocycles. The van der Waals surface area contributed by atoms with Crippen molar-refractivity contribution in [1.29, 1.82) is 0 Å². The van der Waals surface area contributed by atoms with Crippen molar-refractivity contribution in [2.75, 3.05) is 5.75 Å². The number of thioether (sulfide) groups is 1. The number of esters is 1. The Morgan fingerprint density at radius 2 is 1.86 bits per heavy atom. The topological polar surface area (TPSA) is 55.4 Å². The van der Waals surface area contributed by atoms with Crippen molar-refractivity contribution in [2.24, 2.45) is 0 Å². The van der Waals surface area contributed by atoms with E-state index in [9.17, 15) is 9.59 Å². The molecule has 0 radical (unpaired) electrons. The van der Waals surface area contributed by atoms with Crippen LogP contribution in [0.4, 0.5) is 0 Å². The number of nitrogens with one attached hydrogen (secondary N) is 1. The summed E-state index contributed by atoms with van der Waals surface area (Å²) in [5.41, 5.74) is -0.561. The van der Waals surface area contributed by atoms with Crippen LogP contribution in [0, 0.1) is 0 Å². The third-order valence-corrected chi connectivity index (χ3v) is 3.59. The highest BCUT2D eigenvalue weighted by atomic mass is 35.5. The molecule has 6 heteroatoms. The summed E-state index contributed by atoms with van der Waals surface area (Å²) in [6.45, 7) is 6.97. The van der Waals surface area contributed by atoms with Crippen molar-refractivity contribution in [3.8, 4) is 0 Å². The molecule has 0 unspecified atom stereocenters. The van der Waals surface area contributed by atoms with Gasteiger partial charge in [-0.15, -0.1) is 11.8 Å². The minimum Gasteiger partial charge on any atom is -0.458 e. The van der Waals surface area contributed by atoms with Gasteiger partial charge in [0, 0.05) is 9.92 Å². The molecule has 1 aromatic rings. The summed E-state index contributed by atoms with van der Waals surface area (Å²) in [6, 6.07) is 6.56. The van der Waals surface area contributed by atoms with Gasteiger partial charge in [0.15, 0.2) is 0 Å². The number of ether oxygens (including phenoxy) is 1. The van der Waals surface area contributed by atoms with Gasteiger partial charge < -0.3 is 10.1 Å². The first-order valence-corrected chi connectivity index (χ1v) is 7.94. The van der Waals surface area contributed by atoms with Crippen LogP contribution in [0.2, 0.25) is 5.02 Å². The highest BCUT2D eigenvalue weighted by molar-refractivity contribution is 8.00. The largest absolute Gasteiger partial charge is 0.458 e. The minimum atomic E-state index is -0.664. The summed E-state index contributed by atoms with van der Waals surface area (Å²) < 4.78 is 5.20. The molecule has 0 saturated heterocycles. The zero-order valence-electron chi connectivity index (χ0n) is 12.6. The monoisotopic (exact) mass is 329 g/mol. The number of halogens is 1. The molecule has 0 aliphatic heterocycles. The van der Waals surface area contributed by atoms with Gasteiger partial charge in [-0.2, -0.15) is 0 Å². The van der Waals surface area contributed by atoms with E-state index in [1.54, 1.807) is 39.8 Å². The van der Waals surface area contributed by atoms with Crippen LogP contribution in [0.15, 0.2) is 29.2 Å². The first-order valence-electron chi connectivity index (χ1n) is 6.58.